The zero-order chi connectivity index (χ0) is 23.8. The number of carbonyl (C=O) groups excluding carboxylic acids is 2. The van der Waals surface area contributed by atoms with Gasteiger partial charge < -0.3 is 10.2 Å². The fourth-order valence-electron chi connectivity index (χ4n) is 3.30. The van der Waals surface area contributed by atoms with E-state index in [2.05, 4.69) is 5.32 Å². The predicted molar refractivity (Wildman–Crippen MR) is 126 cm³/mol. The summed E-state index contributed by atoms with van der Waals surface area (Å²) in [6.45, 7) is 6.23. The number of benzene rings is 2. The Labute approximate surface area is 197 Å². The van der Waals surface area contributed by atoms with Gasteiger partial charge in [0, 0.05) is 40.3 Å². The van der Waals surface area contributed by atoms with Gasteiger partial charge in [0.05, 0.1) is 11.3 Å². The largest absolute Gasteiger partial charge is 0.354 e. The molecule has 32 heavy (non-hydrogen) atoms. The predicted octanol–water partition coefficient (Wildman–Crippen LogP) is 5.02. The van der Waals surface area contributed by atoms with Crippen LogP contribution in [0.25, 0.3) is 0 Å². The van der Waals surface area contributed by atoms with E-state index in [1.54, 1.807) is 37.3 Å². The number of para-hydroxylation sites is 1. The van der Waals surface area contributed by atoms with Gasteiger partial charge in [0.1, 0.15) is 6.04 Å². The fraction of sp³-hybridized carbons (Fsp3) is 0.391. The maximum Gasteiger partial charge on any atom is 0.273 e. The average Bonchev–Trinajstić information content (AvgIpc) is 2.74. The van der Waals surface area contributed by atoms with Crippen LogP contribution in [0.3, 0.4) is 0 Å². The third-order valence-electron chi connectivity index (χ3n) is 4.99. The molecule has 2 aromatic rings. The molecule has 2 amide bonds. The summed E-state index contributed by atoms with van der Waals surface area (Å²) in [5, 5.41) is 15.0. The third kappa shape index (κ3) is 6.68. The van der Waals surface area contributed by atoms with E-state index in [1.165, 1.54) is 17.0 Å². The Balaban J connectivity index is 2.41. The molecule has 0 unspecified atom stereocenters. The maximum atomic E-state index is 13.4. The number of nitrogens with one attached hydrogen (secondary N) is 1. The second kappa shape index (κ2) is 11.8. The van der Waals surface area contributed by atoms with Gasteiger partial charge in [-0.2, -0.15) is 0 Å². The molecule has 172 valence electrons. The molecule has 0 heterocycles. The molecule has 0 aliphatic heterocycles. The number of amides is 2. The molecule has 0 aliphatic rings. The molecule has 0 saturated heterocycles. The number of nitrogens with zero attached hydrogens (tertiary/aromatic N) is 2. The van der Waals surface area contributed by atoms with Crippen LogP contribution in [0.5, 0.6) is 0 Å². The molecular formula is C23H27Cl2N3O4. The van der Waals surface area contributed by atoms with Gasteiger partial charge in [-0.05, 0) is 24.5 Å². The van der Waals surface area contributed by atoms with Crippen molar-refractivity contribution in [2.24, 2.45) is 5.92 Å². The van der Waals surface area contributed by atoms with E-state index in [0.29, 0.717) is 28.6 Å². The van der Waals surface area contributed by atoms with Gasteiger partial charge in [-0.25, -0.2) is 0 Å². The molecule has 2 rings (SSSR count). The van der Waals surface area contributed by atoms with Crippen molar-refractivity contribution in [1.82, 2.24) is 10.2 Å². The van der Waals surface area contributed by atoms with Crippen LogP contribution in [0, 0.1) is 16.0 Å². The second-order valence-electron chi connectivity index (χ2n) is 7.85. The monoisotopic (exact) mass is 479 g/mol. The smallest absolute Gasteiger partial charge is 0.273 e. The summed E-state index contributed by atoms with van der Waals surface area (Å²) in [6, 6.07) is 10.3. The lowest BCUT2D eigenvalue weighted by molar-refractivity contribution is -0.385. The van der Waals surface area contributed by atoms with Crippen LogP contribution in [0.1, 0.15) is 38.3 Å². The SMILES string of the molecule is CC[C@H](C(=O)NCC(C)C)N(Cc1c(Cl)cccc1Cl)C(=O)Cc1ccccc1[N+](=O)[O-]. The number of hydrogen-bond acceptors (Lipinski definition) is 4. The van der Waals surface area contributed by atoms with Crippen LogP contribution in [-0.4, -0.2) is 34.2 Å². The Morgan fingerprint density at radius 3 is 2.28 bits per heavy atom. The van der Waals surface area contributed by atoms with Gasteiger partial charge in [-0.1, -0.05) is 68.2 Å². The van der Waals surface area contributed by atoms with Crippen molar-refractivity contribution < 1.29 is 14.5 Å². The highest BCUT2D eigenvalue weighted by atomic mass is 35.5. The number of nitro benzene ring substituents is 1. The highest BCUT2D eigenvalue weighted by Gasteiger charge is 2.31. The fourth-order valence-corrected chi connectivity index (χ4v) is 3.82. The van der Waals surface area contributed by atoms with Gasteiger partial charge in [0.2, 0.25) is 11.8 Å². The molecule has 0 spiro atoms. The van der Waals surface area contributed by atoms with E-state index in [-0.39, 0.29) is 36.0 Å². The van der Waals surface area contributed by atoms with Gasteiger partial charge >= 0.3 is 0 Å². The van der Waals surface area contributed by atoms with Gasteiger partial charge in [-0.15, -0.1) is 0 Å². The maximum absolute atomic E-state index is 13.4. The molecule has 7 nitrogen and oxygen atoms in total. The van der Waals surface area contributed by atoms with E-state index >= 15 is 0 Å². The second-order valence-corrected chi connectivity index (χ2v) is 8.66. The Bertz CT molecular complexity index is 961. The standard InChI is InChI=1S/C23H27Cl2N3O4/c1-4-20(23(30)26-13-15(2)3)27(14-17-18(24)9-7-10-19(17)25)22(29)12-16-8-5-6-11-21(16)28(31)32/h5-11,15,20H,4,12-14H2,1-3H3,(H,26,30)/t20-/m1/s1. The lowest BCUT2D eigenvalue weighted by atomic mass is 10.0. The molecule has 0 radical (unpaired) electrons. The minimum absolute atomic E-state index is 0.00553. The number of nitro groups is 1. The first kappa shape index (κ1) is 25.6. The van der Waals surface area contributed by atoms with E-state index < -0.39 is 16.9 Å². The molecule has 2 aromatic carbocycles. The number of hydrogen-bond donors (Lipinski definition) is 1. The van der Waals surface area contributed by atoms with Crippen molar-refractivity contribution >= 4 is 40.7 Å². The Hall–Kier alpha value is -2.64. The summed E-state index contributed by atoms with van der Waals surface area (Å²) in [5.41, 5.74) is 0.644. The molecule has 9 heteroatoms. The van der Waals surface area contributed by atoms with E-state index in [0.717, 1.165) is 0 Å². The zero-order valence-corrected chi connectivity index (χ0v) is 19.8. The van der Waals surface area contributed by atoms with Crippen molar-refractivity contribution in [3.8, 4) is 0 Å². The summed E-state index contributed by atoms with van der Waals surface area (Å²) in [7, 11) is 0. The van der Waals surface area contributed by atoms with Crippen molar-refractivity contribution in [2.75, 3.05) is 6.54 Å². The number of halogens is 2. The summed E-state index contributed by atoms with van der Waals surface area (Å²) in [4.78, 5) is 38.6. The minimum Gasteiger partial charge on any atom is -0.354 e. The number of carbonyl (C=O) groups is 2. The first-order valence-corrected chi connectivity index (χ1v) is 11.1. The number of rotatable bonds is 10. The summed E-state index contributed by atoms with van der Waals surface area (Å²) in [5.74, 6) is -0.479. The molecule has 0 aliphatic carbocycles. The first-order chi connectivity index (χ1) is 15.1. The average molecular weight is 480 g/mol. The molecule has 0 bridgehead atoms. The lowest BCUT2D eigenvalue weighted by Gasteiger charge is -2.31. The quantitative estimate of drug-likeness (QED) is 0.382. The molecule has 0 aromatic heterocycles. The summed E-state index contributed by atoms with van der Waals surface area (Å²) >= 11 is 12.6. The molecule has 0 saturated carbocycles. The molecule has 0 fully saturated rings. The Morgan fingerprint density at radius 1 is 1.09 bits per heavy atom. The van der Waals surface area contributed by atoms with Crippen LogP contribution >= 0.6 is 23.2 Å². The molecule has 1 N–H and O–H groups in total. The van der Waals surface area contributed by atoms with Gasteiger partial charge in [0.25, 0.3) is 5.69 Å². The van der Waals surface area contributed by atoms with Crippen molar-refractivity contribution in [2.45, 2.75) is 46.2 Å². The first-order valence-electron chi connectivity index (χ1n) is 10.4. The van der Waals surface area contributed by atoms with Crippen molar-refractivity contribution in [3.63, 3.8) is 0 Å². The molecular weight excluding hydrogens is 453 g/mol. The zero-order valence-electron chi connectivity index (χ0n) is 18.3. The van der Waals surface area contributed by atoms with Crippen LogP contribution in [0.2, 0.25) is 10.0 Å². The topological polar surface area (TPSA) is 92.6 Å². The van der Waals surface area contributed by atoms with Gasteiger partial charge in [0.15, 0.2) is 0 Å². The molecule has 1 atom stereocenters. The van der Waals surface area contributed by atoms with Crippen LogP contribution in [0.15, 0.2) is 42.5 Å². The summed E-state index contributed by atoms with van der Waals surface area (Å²) < 4.78 is 0. The van der Waals surface area contributed by atoms with E-state index in [1.807, 2.05) is 13.8 Å². The third-order valence-corrected chi connectivity index (χ3v) is 5.70. The van der Waals surface area contributed by atoms with E-state index in [9.17, 15) is 19.7 Å². The van der Waals surface area contributed by atoms with Crippen LogP contribution in [-0.2, 0) is 22.6 Å². The lowest BCUT2D eigenvalue weighted by Crippen LogP contribution is -2.50. The highest BCUT2D eigenvalue weighted by Crippen LogP contribution is 2.28. The Morgan fingerprint density at radius 2 is 1.72 bits per heavy atom. The minimum atomic E-state index is -0.781. The van der Waals surface area contributed by atoms with Crippen LogP contribution in [0.4, 0.5) is 5.69 Å². The van der Waals surface area contributed by atoms with Crippen LogP contribution < -0.4 is 5.32 Å². The van der Waals surface area contributed by atoms with Crippen molar-refractivity contribution in [3.05, 3.63) is 73.8 Å². The summed E-state index contributed by atoms with van der Waals surface area (Å²) in [6.07, 6.45) is 0.127. The normalized spacial score (nSPS) is 11.8. The van der Waals surface area contributed by atoms with E-state index in [4.69, 9.17) is 23.2 Å². The Kier molecular flexibility index (Phi) is 9.47. The van der Waals surface area contributed by atoms with Crippen molar-refractivity contribution in [1.29, 1.82) is 0 Å². The highest BCUT2D eigenvalue weighted by molar-refractivity contribution is 6.36. The van der Waals surface area contributed by atoms with Gasteiger partial charge in [-0.3, -0.25) is 19.7 Å².